The third-order valence-electron chi connectivity index (χ3n) is 4.62. The van der Waals surface area contributed by atoms with E-state index in [4.69, 9.17) is 9.31 Å². The first kappa shape index (κ1) is 20.0. The predicted molar refractivity (Wildman–Crippen MR) is 101 cm³/mol. The molecule has 1 aromatic carbocycles. The summed E-state index contributed by atoms with van der Waals surface area (Å²) < 4.78 is 12.2. The van der Waals surface area contributed by atoms with Crippen LogP contribution >= 0.6 is 11.8 Å². The molecule has 7 heteroatoms. The lowest BCUT2D eigenvalue weighted by Crippen LogP contribution is -2.41. The lowest BCUT2D eigenvalue weighted by atomic mass is 9.78. The fraction of sp³-hybridized carbons (Fsp3) is 0.500. The molecule has 1 saturated heterocycles. The highest BCUT2D eigenvalue weighted by atomic mass is 32.2. The van der Waals surface area contributed by atoms with Crippen LogP contribution in [0.4, 0.5) is 0 Å². The van der Waals surface area contributed by atoms with E-state index in [2.05, 4.69) is 0 Å². The fourth-order valence-corrected chi connectivity index (χ4v) is 2.98. The highest BCUT2D eigenvalue weighted by Crippen LogP contribution is 2.39. The van der Waals surface area contributed by atoms with Crippen molar-refractivity contribution in [3.63, 3.8) is 0 Å². The Balaban J connectivity index is 2.35. The van der Waals surface area contributed by atoms with Crippen LogP contribution in [0.5, 0.6) is 5.75 Å². The average Bonchev–Trinajstić information content (AvgIpc) is 2.73. The Labute approximate surface area is 153 Å². The summed E-state index contributed by atoms with van der Waals surface area (Å²) in [6, 6.07) is 4.99. The van der Waals surface area contributed by atoms with Gasteiger partial charge in [-0.15, -0.1) is 0 Å². The van der Waals surface area contributed by atoms with Gasteiger partial charge in [-0.1, -0.05) is 23.9 Å². The summed E-state index contributed by atoms with van der Waals surface area (Å²) >= 11 is 1.19. The second-order valence-electron chi connectivity index (χ2n) is 7.13. The van der Waals surface area contributed by atoms with Crippen LogP contribution < -0.4 is 0 Å². The van der Waals surface area contributed by atoms with Gasteiger partial charge in [0, 0.05) is 18.2 Å². The molecule has 1 aromatic rings. The van der Waals surface area contributed by atoms with Gasteiger partial charge >= 0.3 is 7.12 Å². The lowest BCUT2D eigenvalue weighted by molar-refractivity contribution is -0.109. The molecule has 0 bridgehead atoms. The number of aliphatic hydroxyl groups is 1. The first-order chi connectivity index (χ1) is 11.6. The number of aliphatic hydroxyl groups excluding tert-OH is 1. The quantitative estimate of drug-likeness (QED) is 0.782. The summed E-state index contributed by atoms with van der Waals surface area (Å²) in [6.07, 6.45) is 1.89. The zero-order chi connectivity index (χ0) is 18.8. The van der Waals surface area contributed by atoms with Gasteiger partial charge in [0.25, 0.3) is 0 Å². The molecule has 136 valence electrons. The minimum atomic E-state index is -0.553. The van der Waals surface area contributed by atoms with Crippen molar-refractivity contribution < 1.29 is 24.3 Å². The van der Waals surface area contributed by atoms with Crippen LogP contribution in [0.3, 0.4) is 0 Å². The number of hydrogen-bond donors (Lipinski definition) is 2. The van der Waals surface area contributed by atoms with Crippen molar-refractivity contribution >= 4 is 30.1 Å². The third kappa shape index (κ3) is 4.67. The number of hydrogen-bond acceptors (Lipinski definition) is 6. The van der Waals surface area contributed by atoms with Crippen LogP contribution in [0, 0.1) is 0 Å². The number of phenols is 1. The average molecular weight is 364 g/mol. The first-order valence-electron chi connectivity index (χ1n) is 8.18. The molecule has 0 atom stereocenters. The molecule has 0 radical (unpaired) electrons. The Morgan fingerprint density at radius 3 is 2.36 bits per heavy atom. The van der Waals surface area contributed by atoms with E-state index in [-0.39, 0.29) is 17.5 Å². The van der Waals surface area contributed by atoms with Crippen molar-refractivity contribution in [1.82, 2.24) is 0 Å². The van der Waals surface area contributed by atoms with E-state index in [1.807, 2.05) is 33.8 Å². The van der Waals surface area contributed by atoms with Crippen LogP contribution in [0.25, 0.3) is 6.08 Å². The summed E-state index contributed by atoms with van der Waals surface area (Å²) in [4.78, 5) is 11.4. The van der Waals surface area contributed by atoms with Gasteiger partial charge in [-0.25, -0.2) is 0 Å². The van der Waals surface area contributed by atoms with Gasteiger partial charge < -0.3 is 19.5 Å². The number of rotatable bonds is 5. The fourth-order valence-electron chi connectivity index (χ4n) is 2.39. The molecule has 0 aliphatic carbocycles. The maximum atomic E-state index is 11.4. The minimum absolute atomic E-state index is 0.0178. The normalized spacial score (nSPS) is 19.3. The van der Waals surface area contributed by atoms with Crippen LogP contribution in [-0.4, -0.2) is 39.4 Å². The van der Waals surface area contributed by atoms with Crippen molar-refractivity contribution in [3.8, 4) is 5.75 Å². The van der Waals surface area contributed by atoms with E-state index >= 15 is 0 Å². The largest absolute Gasteiger partial charge is 0.508 e. The van der Waals surface area contributed by atoms with Crippen LogP contribution in [-0.2, 0) is 20.7 Å². The summed E-state index contributed by atoms with van der Waals surface area (Å²) in [5.41, 5.74) is 1.14. The van der Waals surface area contributed by atoms with E-state index in [0.29, 0.717) is 11.3 Å². The van der Waals surface area contributed by atoms with E-state index in [9.17, 15) is 15.0 Å². The van der Waals surface area contributed by atoms with Crippen molar-refractivity contribution in [2.45, 2.75) is 52.4 Å². The Bertz CT molecular complexity index is 668. The Morgan fingerprint density at radius 1 is 1.24 bits per heavy atom. The molecule has 0 saturated carbocycles. The smallest absolute Gasteiger partial charge is 0.491 e. The molecule has 1 aliphatic heterocycles. The van der Waals surface area contributed by atoms with Gasteiger partial charge in [-0.05, 0) is 50.9 Å². The topological polar surface area (TPSA) is 76.0 Å². The van der Waals surface area contributed by atoms with Gasteiger partial charge in [-0.3, -0.25) is 4.79 Å². The lowest BCUT2D eigenvalue weighted by Gasteiger charge is -2.32. The maximum absolute atomic E-state index is 11.4. The van der Waals surface area contributed by atoms with Crippen molar-refractivity contribution in [2.75, 3.05) is 5.75 Å². The number of thioether (sulfide) groups is 1. The molecule has 1 fully saturated rings. The number of carbonyl (C=O) groups excluding carboxylic acids is 1. The van der Waals surface area contributed by atoms with Gasteiger partial charge in [-0.2, -0.15) is 0 Å². The molecule has 25 heavy (non-hydrogen) atoms. The van der Waals surface area contributed by atoms with Crippen LogP contribution in [0.15, 0.2) is 23.7 Å². The standard InChI is InChI=1S/C18H25BO5S/c1-12(21)25-11-15(19-23-17(2,3)18(4,5)24-19)9-13-6-7-16(22)14(8-13)10-20/h6-9,20,22H,10-11H2,1-5H3. The molecular weight excluding hydrogens is 339 g/mol. The van der Waals surface area contributed by atoms with Gasteiger partial charge in [0.2, 0.25) is 0 Å². The summed E-state index contributed by atoms with van der Waals surface area (Å²) in [5.74, 6) is 0.497. The zero-order valence-corrected chi connectivity index (χ0v) is 16.1. The van der Waals surface area contributed by atoms with E-state index in [0.717, 1.165) is 11.0 Å². The zero-order valence-electron chi connectivity index (χ0n) is 15.3. The Morgan fingerprint density at radius 2 is 1.84 bits per heavy atom. The molecule has 2 N–H and O–H groups in total. The summed E-state index contributed by atoms with van der Waals surface area (Å²) in [5, 5.41) is 19.1. The molecule has 0 spiro atoms. The monoisotopic (exact) mass is 364 g/mol. The van der Waals surface area contributed by atoms with E-state index in [1.165, 1.54) is 24.8 Å². The molecule has 2 rings (SSSR count). The molecular formula is C18H25BO5S. The van der Waals surface area contributed by atoms with E-state index in [1.54, 1.807) is 12.1 Å². The van der Waals surface area contributed by atoms with Crippen molar-refractivity contribution in [3.05, 3.63) is 34.8 Å². The highest BCUT2D eigenvalue weighted by molar-refractivity contribution is 8.13. The Hall–Kier alpha value is -1.28. The second kappa shape index (κ2) is 7.54. The van der Waals surface area contributed by atoms with Gasteiger partial charge in [0.15, 0.2) is 5.12 Å². The van der Waals surface area contributed by atoms with E-state index < -0.39 is 18.3 Å². The molecule has 0 unspecified atom stereocenters. The Kier molecular flexibility index (Phi) is 6.04. The van der Waals surface area contributed by atoms with Crippen molar-refractivity contribution in [2.24, 2.45) is 0 Å². The highest BCUT2D eigenvalue weighted by Gasteiger charge is 2.52. The number of benzene rings is 1. The first-order valence-corrected chi connectivity index (χ1v) is 9.16. The van der Waals surface area contributed by atoms with Gasteiger partial charge in [0.05, 0.1) is 17.8 Å². The van der Waals surface area contributed by atoms with Gasteiger partial charge in [0.1, 0.15) is 5.75 Å². The van der Waals surface area contributed by atoms with Crippen molar-refractivity contribution in [1.29, 1.82) is 0 Å². The summed E-state index contributed by atoms with van der Waals surface area (Å²) in [6.45, 7) is 9.19. The second-order valence-corrected chi connectivity index (χ2v) is 8.29. The molecule has 1 aliphatic rings. The molecule has 0 aromatic heterocycles. The number of aromatic hydroxyl groups is 1. The van der Waals surface area contributed by atoms with Crippen LogP contribution in [0.1, 0.15) is 45.7 Å². The third-order valence-corrected chi connectivity index (χ3v) is 5.51. The number of carbonyl (C=O) groups is 1. The van der Waals surface area contributed by atoms with Crippen LogP contribution in [0.2, 0.25) is 0 Å². The SMILES string of the molecule is CC(=O)SCC(=Cc1ccc(O)c(CO)c1)B1OC(C)(C)C(C)(C)O1. The molecule has 5 nitrogen and oxygen atoms in total. The minimum Gasteiger partial charge on any atom is -0.508 e. The summed E-state index contributed by atoms with van der Waals surface area (Å²) in [7, 11) is -0.553. The molecule has 1 heterocycles. The predicted octanol–water partition coefficient (Wildman–Crippen LogP) is 3.18. The molecule has 0 amide bonds. The maximum Gasteiger partial charge on any atom is 0.491 e.